The summed E-state index contributed by atoms with van der Waals surface area (Å²) in [7, 11) is 1.50. The summed E-state index contributed by atoms with van der Waals surface area (Å²) in [5.41, 5.74) is 6.35. The van der Waals surface area contributed by atoms with Gasteiger partial charge in [0.05, 0.1) is 30.2 Å². The summed E-state index contributed by atoms with van der Waals surface area (Å²) in [6, 6.07) is 12.0. The first-order valence-corrected chi connectivity index (χ1v) is 14.3. The van der Waals surface area contributed by atoms with Gasteiger partial charge in [0.25, 0.3) is 0 Å². The molecule has 1 fully saturated rings. The van der Waals surface area contributed by atoms with Crippen LogP contribution in [0, 0.1) is 11.7 Å². The largest absolute Gasteiger partial charge is 0.497 e. The molecular formula is C32H29FN8O2. The van der Waals surface area contributed by atoms with Gasteiger partial charge in [0.15, 0.2) is 17.2 Å². The fraction of sp³-hybridized carbons (Fsp3) is 0.250. The first-order chi connectivity index (χ1) is 21.0. The molecule has 5 heterocycles. The second kappa shape index (κ2) is 11.2. The van der Waals surface area contributed by atoms with Crippen LogP contribution in [0.25, 0.3) is 56.1 Å². The lowest BCUT2D eigenvalue weighted by Crippen LogP contribution is -2.18. The minimum atomic E-state index is -0.410. The molecule has 3 N–H and O–H groups in total. The number of nitrogens with zero attached hydrogens (tertiary/aromatic N) is 5. The second-order valence-electron chi connectivity index (χ2n) is 10.9. The van der Waals surface area contributed by atoms with Crippen molar-refractivity contribution >= 4 is 33.8 Å². The Morgan fingerprint density at radius 3 is 2.77 bits per heavy atom. The minimum absolute atomic E-state index is 0.0148. The number of nitrogens with one attached hydrogen (secondary N) is 3. The van der Waals surface area contributed by atoms with Crippen LogP contribution >= 0.6 is 0 Å². The molecule has 1 amide bonds. The molecule has 0 bridgehead atoms. The Morgan fingerprint density at radius 2 is 1.91 bits per heavy atom. The Bertz CT molecular complexity index is 1960. The van der Waals surface area contributed by atoms with Crippen molar-refractivity contribution in [1.29, 1.82) is 0 Å². The Labute approximate surface area is 246 Å². The number of H-pyrrole nitrogens is 2. The Balaban J connectivity index is 1.20. The number of hydrogen-bond donors (Lipinski definition) is 3. The number of carbonyl (C=O) groups excluding carboxylic acids is 1. The van der Waals surface area contributed by atoms with Crippen molar-refractivity contribution in [1.82, 2.24) is 35.1 Å². The maximum absolute atomic E-state index is 14.3. The number of hydrogen-bond acceptors (Lipinski definition) is 7. The molecule has 1 aliphatic carbocycles. The van der Waals surface area contributed by atoms with Crippen LogP contribution in [-0.2, 0) is 4.79 Å². The quantitative estimate of drug-likeness (QED) is 0.193. The summed E-state index contributed by atoms with van der Waals surface area (Å²) in [6.07, 6.45) is 11.4. The van der Waals surface area contributed by atoms with Crippen LogP contribution in [-0.4, -0.2) is 48.1 Å². The summed E-state index contributed by atoms with van der Waals surface area (Å²) < 4.78 is 19.5. The molecular weight excluding hydrogens is 547 g/mol. The number of imidazole rings is 1. The minimum Gasteiger partial charge on any atom is -0.497 e. The number of benzene rings is 1. The molecule has 43 heavy (non-hydrogen) atoms. The molecule has 10 nitrogen and oxygen atoms in total. The van der Waals surface area contributed by atoms with Crippen LogP contribution < -0.4 is 10.1 Å². The zero-order valence-electron chi connectivity index (χ0n) is 23.5. The lowest BCUT2D eigenvalue weighted by molar-refractivity contribution is -0.117. The number of pyridine rings is 3. The highest BCUT2D eigenvalue weighted by Crippen LogP contribution is 2.33. The average Bonchev–Trinajstić information content (AvgIpc) is 3.65. The monoisotopic (exact) mass is 576 g/mol. The molecule has 5 aromatic heterocycles. The lowest BCUT2D eigenvalue weighted by atomic mass is 9.87. The van der Waals surface area contributed by atoms with Gasteiger partial charge in [0, 0.05) is 36.0 Å². The highest BCUT2D eigenvalue weighted by molar-refractivity contribution is 5.95. The van der Waals surface area contributed by atoms with Gasteiger partial charge in [0.1, 0.15) is 22.6 Å². The van der Waals surface area contributed by atoms with Crippen LogP contribution in [0.2, 0.25) is 0 Å². The molecule has 0 aliphatic heterocycles. The molecule has 0 unspecified atom stereocenters. The fourth-order valence-corrected chi connectivity index (χ4v) is 5.83. The summed E-state index contributed by atoms with van der Waals surface area (Å²) in [5, 5.41) is 10.5. The Kier molecular flexibility index (Phi) is 6.98. The molecule has 0 radical (unpaired) electrons. The van der Waals surface area contributed by atoms with Crippen molar-refractivity contribution < 1.29 is 13.9 Å². The Hall–Kier alpha value is -5.19. The third-order valence-corrected chi connectivity index (χ3v) is 7.95. The van der Waals surface area contributed by atoms with E-state index in [2.05, 4.69) is 30.5 Å². The molecule has 0 atom stereocenters. The van der Waals surface area contributed by atoms with Crippen molar-refractivity contribution in [3.05, 3.63) is 66.9 Å². The first kappa shape index (κ1) is 26.7. The maximum Gasteiger partial charge on any atom is 0.224 e. The number of rotatable bonds is 7. The van der Waals surface area contributed by atoms with E-state index in [1.807, 2.05) is 18.2 Å². The van der Waals surface area contributed by atoms with Gasteiger partial charge in [-0.25, -0.2) is 19.3 Å². The predicted molar refractivity (Wildman–Crippen MR) is 162 cm³/mol. The number of amides is 1. The second-order valence-corrected chi connectivity index (χ2v) is 10.9. The van der Waals surface area contributed by atoms with Crippen molar-refractivity contribution in [3.63, 3.8) is 0 Å². The van der Waals surface area contributed by atoms with Crippen LogP contribution in [0.5, 0.6) is 5.75 Å². The number of anilines is 1. The van der Waals surface area contributed by atoms with Gasteiger partial charge < -0.3 is 15.0 Å². The molecule has 216 valence electrons. The van der Waals surface area contributed by atoms with Gasteiger partial charge >= 0.3 is 0 Å². The number of halogens is 1. The van der Waals surface area contributed by atoms with Crippen LogP contribution in [0.1, 0.15) is 38.5 Å². The smallest absolute Gasteiger partial charge is 0.224 e. The van der Waals surface area contributed by atoms with Crippen LogP contribution in [0.3, 0.4) is 0 Å². The third-order valence-electron chi connectivity index (χ3n) is 7.95. The normalized spacial score (nSPS) is 13.9. The van der Waals surface area contributed by atoms with Crippen molar-refractivity contribution in [2.45, 2.75) is 38.5 Å². The molecule has 1 aromatic carbocycles. The predicted octanol–water partition coefficient (Wildman–Crippen LogP) is 6.68. The van der Waals surface area contributed by atoms with E-state index in [9.17, 15) is 9.18 Å². The van der Waals surface area contributed by atoms with Crippen molar-refractivity contribution in [3.8, 4) is 39.7 Å². The van der Waals surface area contributed by atoms with Crippen molar-refractivity contribution in [2.24, 2.45) is 5.92 Å². The third kappa shape index (κ3) is 5.41. The summed E-state index contributed by atoms with van der Waals surface area (Å²) in [6.45, 7) is 0. The summed E-state index contributed by atoms with van der Waals surface area (Å²) >= 11 is 0. The van der Waals surface area contributed by atoms with Gasteiger partial charge in [-0.15, -0.1) is 0 Å². The molecule has 0 spiro atoms. The fourth-order valence-electron chi connectivity index (χ4n) is 5.83. The van der Waals surface area contributed by atoms with E-state index in [0.29, 0.717) is 68.8 Å². The molecule has 1 saturated carbocycles. The molecule has 6 aromatic rings. The van der Waals surface area contributed by atoms with Crippen LogP contribution in [0.4, 0.5) is 10.1 Å². The van der Waals surface area contributed by atoms with E-state index in [0.717, 1.165) is 23.9 Å². The Morgan fingerprint density at radius 1 is 1.02 bits per heavy atom. The van der Waals surface area contributed by atoms with E-state index in [1.54, 1.807) is 30.7 Å². The highest BCUT2D eigenvalue weighted by atomic mass is 19.1. The SMILES string of the molecule is COc1cc(F)cc(-c2ccnc3[nH]c(-c4n[nH]c5ccc(-c6cncc(NC(=O)CC7CCCCC7)c6)nc45)nc23)c1. The zero-order valence-corrected chi connectivity index (χ0v) is 23.5. The van der Waals surface area contributed by atoms with E-state index in [-0.39, 0.29) is 5.91 Å². The van der Waals surface area contributed by atoms with Gasteiger partial charge in [-0.2, -0.15) is 5.10 Å². The van der Waals surface area contributed by atoms with E-state index < -0.39 is 5.82 Å². The van der Waals surface area contributed by atoms with E-state index in [1.165, 1.54) is 38.5 Å². The number of methoxy groups -OCH3 is 1. The van der Waals surface area contributed by atoms with Gasteiger partial charge in [0.2, 0.25) is 5.91 Å². The molecule has 7 rings (SSSR count). The number of ether oxygens (including phenoxy) is 1. The van der Waals surface area contributed by atoms with Crippen LogP contribution in [0.15, 0.2) is 61.1 Å². The summed E-state index contributed by atoms with van der Waals surface area (Å²) in [5.74, 6) is 0.937. The summed E-state index contributed by atoms with van der Waals surface area (Å²) in [4.78, 5) is 34.4. The topological polar surface area (TPSA) is 134 Å². The molecule has 11 heteroatoms. The van der Waals surface area contributed by atoms with Gasteiger partial charge in [-0.05, 0) is 60.7 Å². The first-order valence-electron chi connectivity index (χ1n) is 14.3. The number of aromatic nitrogens is 7. The van der Waals surface area contributed by atoms with E-state index >= 15 is 0 Å². The number of aromatic amines is 2. The highest BCUT2D eigenvalue weighted by Gasteiger charge is 2.19. The zero-order chi connectivity index (χ0) is 29.3. The standard InChI is InChI=1S/C32H29FN8O2/c1-43-23-14-19(12-21(33)15-23)24-9-10-35-31-28(24)38-32(39-31)30-29-26(40-41-30)8-7-25(37-29)20-13-22(17-34-16-20)36-27(42)11-18-5-3-2-4-6-18/h7-10,12-18H,2-6,11H2,1H3,(H,36,42)(H,40,41)(H,35,38,39). The van der Waals surface area contributed by atoms with E-state index in [4.69, 9.17) is 14.7 Å². The number of fused-ring (bicyclic) bond motifs is 2. The maximum atomic E-state index is 14.3. The van der Waals surface area contributed by atoms with Crippen molar-refractivity contribution in [2.75, 3.05) is 12.4 Å². The number of carbonyl (C=O) groups is 1. The lowest BCUT2D eigenvalue weighted by Gasteiger charge is -2.20. The average molecular weight is 577 g/mol. The molecule has 1 aliphatic rings. The molecule has 0 saturated heterocycles. The van der Waals surface area contributed by atoms with Gasteiger partial charge in [-0.1, -0.05) is 19.3 Å². The van der Waals surface area contributed by atoms with Gasteiger partial charge in [-0.3, -0.25) is 14.9 Å².